The molecular weight excluding hydrogens is 1030 g/mol. The van der Waals surface area contributed by atoms with E-state index < -0.39 is 23.8 Å². The number of hydrogen-bond acceptors (Lipinski definition) is 21. The van der Waals surface area contributed by atoms with Crippen LogP contribution in [0.25, 0.3) is 33.4 Å². The Labute approximate surface area is 453 Å². The first-order valence-corrected chi connectivity index (χ1v) is 26.1. The lowest BCUT2D eigenvalue weighted by atomic mass is 9.89. The highest BCUT2D eigenvalue weighted by atomic mass is 16.7. The van der Waals surface area contributed by atoms with Crippen LogP contribution in [0.4, 0.5) is 0 Å². The van der Waals surface area contributed by atoms with Gasteiger partial charge in [0.05, 0.1) is 151 Å². The Hall–Kier alpha value is -5.80. The molecule has 1 saturated heterocycles. The van der Waals surface area contributed by atoms with Gasteiger partial charge in [-0.1, -0.05) is 12.1 Å². The average Bonchev–Trinajstić information content (AvgIpc) is 3.89. The van der Waals surface area contributed by atoms with Crippen LogP contribution in [0.15, 0.2) is 63.8 Å². The monoisotopic (exact) mass is 1100 g/mol. The maximum atomic E-state index is 13.0. The third-order valence-electron chi connectivity index (χ3n) is 11.0. The first kappa shape index (κ1) is 64.7. The number of carboxylic acid groups (broad SMARTS) is 1. The molecule has 1 fully saturated rings. The molecule has 2 heterocycles. The standard InChI is InChI=1S/C38H46O13.C17H29NO9/c1-2-44-12-13-46-16-17-48-20-21-50-23-22-49-19-18-47-15-14-45-11-3-4-34(41)27-5-8-30(33(24-27)38(42)43)37-31-9-6-28(39)25-35(31)51-36-26-29(40)7-10-32(36)37;1-2-22-7-8-24-11-12-26-14-13-25-10-9-23-6-5-17(21)27-18-15(19)3-4-16(18)20/h5-10,24-26,39H,2-4,11-23H2,1H3,(H,42,43);2-14H2,1H3. The molecule has 2 aromatic carbocycles. The van der Waals surface area contributed by atoms with Crippen molar-refractivity contribution in [2.24, 2.45) is 0 Å². The SMILES string of the molecule is CCOCCOCCOCCOCCOCCC(=O)ON1C(=O)CCC1=O.CCOCCOCCOCCOCCOCCOCCOCCCC(=O)c1ccc(-c2c3ccc(=O)cc-3oc3cc(O)ccc23)c(C(=O)O)c1. The van der Waals surface area contributed by atoms with E-state index in [4.69, 9.17) is 66.1 Å². The molecule has 0 radical (unpaired) electrons. The fraction of sp³-hybridized carbons (Fsp3) is 0.564. The molecule has 0 atom stereocenters. The Morgan fingerprint density at radius 2 is 0.962 bits per heavy atom. The van der Waals surface area contributed by atoms with E-state index in [1.54, 1.807) is 24.3 Å². The maximum Gasteiger partial charge on any atom is 0.336 e. The summed E-state index contributed by atoms with van der Waals surface area (Å²) in [7, 11) is 0. The molecule has 2 aromatic rings. The van der Waals surface area contributed by atoms with Crippen LogP contribution in [0.3, 0.4) is 0 Å². The number of aromatic carboxylic acids is 1. The number of phenols is 1. The fourth-order valence-electron chi connectivity index (χ4n) is 7.19. The summed E-state index contributed by atoms with van der Waals surface area (Å²) < 4.78 is 70.1. The molecule has 5 rings (SSSR count). The smallest absolute Gasteiger partial charge is 0.336 e. The van der Waals surface area contributed by atoms with Gasteiger partial charge in [0.25, 0.3) is 11.8 Å². The molecule has 2 N–H and O–H groups in total. The third kappa shape index (κ3) is 25.3. The lowest BCUT2D eigenvalue weighted by Crippen LogP contribution is -2.32. The molecule has 432 valence electrons. The molecule has 2 amide bonds. The number of Topliss-reactive ketones (excluding diaryl/α,β-unsaturated/α-hetero) is 1. The second-order valence-corrected chi connectivity index (χ2v) is 16.7. The molecule has 0 bridgehead atoms. The van der Waals surface area contributed by atoms with Gasteiger partial charge < -0.3 is 76.3 Å². The van der Waals surface area contributed by atoms with Gasteiger partial charge in [0, 0.05) is 73.3 Å². The van der Waals surface area contributed by atoms with Gasteiger partial charge in [0.1, 0.15) is 17.1 Å². The zero-order valence-corrected chi connectivity index (χ0v) is 44.7. The highest BCUT2D eigenvalue weighted by Crippen LogP contribution is 2.42. The van der Waals surface area contributed by atoms with Crippen molar-refractivity contribution in [2.45, 2.75) is 46.0 Å². The Morgan fingerprint density at radius 1 is 0.513 bits per heavy atom. The number of carbonyl (C=O) groups is 5. The van der Waals surface area contributed by atoms with E-state index in [-0.39, 0.29) is 71.7 Å². The normalized spacial score (nSPS) is 12.4. The number of imide groups is 1. The first-order valence-electron chi connectivity index (χ1n) is 26.1. The Morgan fingerprint density at radius 3 is 1.44 bits per heavy atom. The molecule has 0 aromatic heterocycles. The molecule has 23 nitrogen and oxygen atoms in total. The number of rotatable bonds is 43. The van der Waals surface area contributed by atoms with E-state index in [1.807, 2.05) is 13.8 Å². The van der Waals surface area contributed by atoms with Crippen LogP contribution in [0.2, 0.25) is 0 Å². The molecule has 0 saturated carbocycles. The van der Waals surface area contributed by atoms with Crippen LogP contribution in [0.5, 0.6) is 5.75 Å². The first-order chi connectivity index (χ1) is 38.0. The zero-order chi connectivity index (χ0) is 56.0. The number of carbonyl (C=O) groups excluding carboxylic acids is 4. The van der Waals surface area contributed by atoms with Gasteiger partial charge in [0.15, 0.2) is 11.2 Å². The summed E-state index contributed by atoms with van der Waals surface area (Å²) in [6.07, 6.45) is 0.723. The van der Waals surface area contributed by atoms with E-state index in [1.165, 1.54) is 30.3 Å². The van der Waals surface area contributed by atoms with Gasteiger partial charge in [0.2, 0.25) is 0 Å². The minimum Gasteiger partial charge on any atom is -0.508 e. The van der Waals surface area contributed by atoms with E-state index in [2.05, 4.69) is 0 Å². The highest BCUT2D eigenvalue weighted by molar-refractivity contribution is 6.09. The topological polar surface area (TPSA) is 279 Å². The molecular formula is C55H75NO22. The minimum absolute atomic E-state index is 0.0428. The summed E-state index contributed by atoms with van der Waals surface area (Å²) >= 11 is 0. The van der Waals surface area contributed by atoms with Crippen LogP contribution in [0, 0.1) is 0 Å². The second-order valence-electron chi connectivity index (χ2n) is 16.7. The Balaban J connectivity index is 0.000000410. The van der Waals surface area contributed by atoms with Crippen molar-refractivity contribution < 1.29 is 100 Å². The molecule has 23 heteroatoms. The number of nitrogens with zero attached hydrogens (tertiary/aromatic N) is 1. The predicted octanol–water partition coefficient (Wildman–Crippen LogP) is 5.15. The molecule has 0 spiro atoms. The van der Waals surface area contributed by atoms with E-state index in [0.717, 1.165) is 0 Å². The van der Waals surface area contributed by atoms with E-state index in [0.29, 0.717) is 186 Å². The molecule has 3 aliphatic rings. The van der Waals surface area contributed by atoms with Crippen molar-refractivity contribution in [3.05, 3.63) is 75.9 Å². The van der Waals surface area contributed by atoms with E-state index >= 15 is 0 Å². The van der Waals surface area contributed by atoms with Crippen LogP contribution in [0.1, 0.15) is 66.7 Å². The van der Waals surface area contributed by atoms with Crippen molar-refractivity contribution in [3.8, 4) is 28.2 Å². The number of aromatic hydroxyl groups is 1. The largest absolute Gasteiger partial charge is 0.508 e. The van der Waals surface area contributed by atoms with Crippen molar-refractivity contribution in [1.29, 1.82) is 0 Å². The van der Waals surface area contributed by atoms with Crippen molar-refractivity contribution in [1.82, 2.24) is 5.06 Å². The number of ketones is 1. The quantitative estimate of drug-likeness (QED) is 0.0251. The maximum absolute atomic E-state index is 13.0. The van der Waals surface area contributed by atoms with Crippen LogP contribution < -0.4 is 5.43 Å². The number of carboxylic acids is 1. The predicted molar refractivity (Wildman–Crippen MR) is 280 cm³/mol. The number of amides is 2. The van der Waals surface area contributed by atoms with Crippen LogP contribution in [-0.2, 0) is 76.1 Å². The lowest BCUT2D eigenvalue weighted by Gasteiger charge is -2.17. The number of phenolic OH excluding ortho intramolecular Hbond substituents is 1. The summed E-state index contributed by atoms with van der Waals surface area (Å²) in [6, 6.07) is 13.3. The van der Waals surface area contributed by atoms with Gasteiger partial charge in [-0.3, -0.25) is 19.2 Å². The zero-order valence-electron chi connectivity index (χ0n) is 44.7. The molecule has 78 heavy (non-hydrogen) atoms. The fourth-order valence-corrected chi connectivity index (χ4v) is 7.19. The Bertz CT molecular complexity index is 2390. The summed E-state index contributed by atoms with van der Waals surface area (Å²) in [5.74, 6) is -2.90. The van der Waals surface area contributed by atoms with Crippen molar-refractivity contribution in [3.63, 3.8) is 0 Å². The number of fused-ring (bicyclic) bond motifs is 2. The number of hydrogen-bond donors (Lipinski definition) is 2. The Kier molecular flexibility index (Phi) is 32.8. The summed E-state index contributed by atoms with van der Waals surface area (Å²) in [4.78, 5) is 76.3. The second kappa shape index (κ2) is 39.5. The number of benzene rings is 3. The van der Waals surface area contributed by atoms with Crippen molar-refractivity contribution in [2.75, 3.05) is 159 Å². The van der Waals surface area contributed by atoms with Crippen LogP contribution in [-0.4, -0.2) is 203 Å². The number of ether oxygens (including phenoxy) is 12. The summed E-state index contributed by atoms with van der Waals surface area (Å²) in [5, 5.41) is 21.2. The van der Waals surface area contributed by atoms with Gasteiger partial charge in [-0.15, -0.1) is 5.06 Å². The average molecular weight is 1100 g/mol. The van der Waals surface area contributed by atoms with Gasteiger partial charge >= 0.3 is 11.9 Å². The number of hydroxylamine groups is 2. The van der Waals surface area contributed by atoms with Crippen molar-refractivity contribution >= 4 is 40.5 Å². The van der Waals surface area contributed by atoms with Crippen LogP contribution >= 0.6 is 0 Å². The van der Waals surface area contributed by atoms with Gasteiger partial charge in [-0.05, 0) is 56.2 Å². The summed E-state index contributed by atoms with van der Waals surface area (Å²) in [6.45, 7) is 15.1. The molecule has 1 aliphatic carbocycles. The lowest BCUT2D eigenvalue weighted by molar-refractivity contribution is -0.198. The van der Waals surface area contributed by atoms with E-state index in [9.17, 15) is 39.0 Å². The van der Waals surface area contributed by atoms with Gasteiger partial charge in [-0.2, -0.15) is 0 Å². The van der Waals surface area contributed by atoms with Gasteiger partial charge in [-0.25, -0.2) is 9.59 Å². The molecule has 2 aliphatic heterocycles. The highest BCUT2D eigenvalue weighted by Gasteiger charge is 2.32. The summed E-state index contributed by atoms with van der Waals surface area (Å²) in [5.41, 5.74) is 1.59. The third-order valence-corrected chi connectivity index (χ3v) is 11.0. The molecule has 0 unspecified atom stereocenters. The minimum atomic E-state index is -1.21.